The predicted octanol–water partition coefficient (Wildman–Crippen LogP) is 4.01. The molecule has 0 radical (unpaired) electrons. The molecule has 2 N–H and O–H groups in total. The second kappa shape index (κ2) is 7.84. The summed E-state index contributed by atoms with van der Waals surface area (Å²) in [5, 5.41) is 5.74. The van der Waals surface area contributed by atoms with E-state index in [9.17, 15) is 9.59 Å². The number of anilines is 2. The van der Waals surface area contributed by atoms with Crippen LogP contribution in [0.15, 0.2) is 42.5 Å². The Balaban J connectivity index is 2.03. The topological polar surface area (TPSA) is 67.4 Å². The van der Waals surface area contributed by atoms with Gasteiger partial charge in [-0.25, -0.2) is 0 Å². The summed E-state index contributed by atoms with van der Waals surface area (Å²) in [6.45, 7) is 5.03. The lowest BCUT2D eigenvalue weighted by Gasteiger charge is -2.15. The van der Waals surface area contributed by atoms with Crippen LogP contribution in [0.2, 0.25) is 5.02 Å². The Hall–Kier alpha value is -2.53. The number of hydrogen-bond acceptors (Lipinski definition) is 3. The van der Waals surface area contributed by atoms with Gasteiger partial charge in [-0.15, -0.1) is 0 Å². The third-order valence-corrected chi connectivity index (χ3v) is 3.58. The first kappa shape index (κ1) is 17.8. The molecule has 24 heavy (non-hydrogen) atoms. The van der Waals surface area contributed by atoms with E-state index in [4.69, 9.17) is 16.3 Å². The zero-order valence-electron chi connectivity index (χ0n) is 13.7. The molecule has 0 heterocycles. The van der Waals surface area contributed by atoms with E-state index in [1.165, 1.54) is 6.92 Å². The number of benzene rings is 2. The van der Waals surface area contributed by atoms with Crippen LogP contribution in [0, 0.1) is 6.92 Å². The van der Waals surface area contributed by atoms with Crippen LogP contribution in [0.1, 0.15) is 19.4 Å². The lowest BCUT2D eigenvalue weighted by atomic mass is 10.2. The van der Waals surface area contributed by atoms with Crippen LogP contribution in [0.5, 0.6) is 5.75 Å². The highest BCUT2D eigenvalue weighted by Gasteiger charge is 2.15. The van der Waals surface area contributed by atoms with Crippen molar-refractivity contribution in [2.45, 2.75) is 26.9 Å². The molecule has 0 aliphatic rings. The van der Waals surface area contributed by atoms with Gasteiger partial charge in [0.05, 0.1) is 10.7 Å². The Morgan fingerprint density at radius 2 is 1.75 bits per heavy atom. The molecule has 0 aliphatic carbocycles. The number of halogens is 1. The smallest absolute Gasteiger partial charge is 0.265 e. The van der Waals surface area contributed by atoms with Crippen molar-refractivity contribution in [3.63, 3.8) is 0 Å². The molecule has 1 unspecified atom stereocenters. The van der Waals surface area contributed by atoms with Crippen LogP contribution < -0.4 is 15.4 Å². The first-order valence-corrected chi connectivity index (χ1v) is 7.84. The van der Waals surface area contributed by atoms with Gasteiger partial charge >= 0.3 is 0 Å². The molecule has 0 aromatic heterocycles. The summed E-state index contributed by atoms with van der Waals surface area (Å²) in [5.41, 5.74) is 2.08. The van der Waals surface area contributed by atoms with Crippen molar-refractivity contribution in [1.29, 1.82) is 0 Å². The summed E-state index contributed by atoms with van der Waals surface area (Å²) in [6, 6.07) is 12.3. The molecule has 0 saturated carbocycles. The van der Waals surface area contributed by atoms with Crippen molar-refractivity contribution in [3.8, 4) is 5.75 Å². The van der Waals surface area contributed by atoms with Crippen molar-refractivity contribution >= 4 is 34.8 Å². The summed E-state index contributed by atoms with van der Waals surface area (Å²) in [4.78, 5) is 23.4. The summed E-state index contributed by atoms with van der Waals surface area (Å²) < 4.78 is 5.61. The fourth-order valence-corrected chi connectivity index (χ4v) is 2.17. The van der Waals surface area contributed by atoms with Crippen LogP contribution in [0.25, 0.3) is 0 Å². The number of aryl methyl sites for hydroxylation is 1. The quantitative estimate of drug-likeness (QED) is 0.859. The molecule has 0 fully saturated rings. The molecule has 6 heteroatoms. The maximum Gasteiger partial charge on any atom is 0.265 e. The standard InChI is InChI=1S/C18H19ClN2O3/c1-11-4-7-15(8-5-11)24-12(2)18(23)21-14-6-9-16(19)17(10-14)20-13(3)22/h4-10,12H,1-3H3,(H,20,22)(H,21,23). The van der Waals surface area contributed by atoms with Gasteiger partial charge < -0.3 is 15.4 Å². The van der Waals surface area contributed by atoms with Crippen LogP contribution in [0.4, 0.5) is 11.4 Å². The fourth-order valence-electron chi connectivity index (χ4n) is 2.01. The van der Waals surface area contributed by atoms with E-state index in [-0.39, 0.29) is 11.8 Å². The molecule has 0 spiro atoms. The number of hydrogen-bond donors (Lipinski definition) is 2. The third kappa shape index (κ3) is 4.99. The van der Waals surface area contributed by atoms with E-state index in [2.05, 4.69) is 10.6 Å². The molecule has 2 aromatic carbocycles. The minimum atomic E-state index is -0.674. The van der Waals surface area contributed by atoms with Gasteiger partial charge in [0.25, 0.3) is 5.91 Å². The molecule has 2 aromatic rings. The predicted molar refractivity (Wildman–Crippen MR) is 95.7 cm³/mol. The van der Waals surface area contributed by atoms with Gasteiger partial charge in [0.15, 0.2) is 6.10 Å². The number of amides is 2. The zero-order chi connectivity index (χ0) is 17.7. The highest BCUT2D eigenvalue weighted by atomic mass is 35.5. The van der Waals surface area contributed by atoms with Crippen molar-refractivity contribution in [3.05, 3.63) is 53.1 Å². The first-order valence-electron chi connectivity index (χ1n) is 7.46. The maximum atomic E-state index is 12.2. The number of carbonyl (C=O) groups is 2. The third-order valence-electron chi connectivity index (χ3n) is 3.25. The molecule has 0 bridgehead atoms. The largest absolute Gasteiger partial charge is 0.481 e. The second-order valence-corrected chi connectivity index (χ2v) is 5.85. The van der Waals surface area contributed by atoms with E-state index < -0.39 is 6.10 Å². The molecule has 2 amide bonds. The molecular weight excluding hydrogens is 328 g/mol. The molecule has 0 saturated heterocycles. The Morgan fingerprint density at radius 1 is 1.08 bits per heavy atom. The maximum absolute atomic E-state index is 12.2. The molecule has 2 rings (SSSR count). The lowest BCUT2D eigenvalue weighted by molar-refractivity contribution is -0.122. The number of carbonyl (C=O) groups excluding carboxylic acids is 2. The van der Waals surface area contributed by atoms with Crippen molar-refractivity contribution in [2.24, 2.45) is 0 Å². The van der Waals surface area contributed by atoms with Crippen LogP contribution in [-0.2, 0) is 9.59 Å². The Morgan fingerprint density at radius 3 is 2.38 bits per heavy atom. The first-order chi connectivity index (χ1) is 11.3. The number of ether oxygens (including phenoxy) is 1. The van der Waals surface area contributed by atoms with Gasteiger partial charge in [-0.3, -0.25) is 9.59 Å². The van der Waals surface area contributed by atoms with E-state index in [1.807, 2.05) is 31.2 Å². The summed E-state index contributed by atoms with van der Waals surface area (Å²) >= 11 is 6.01. The van der Waals surface area contributed by atoms with Crippen molar-refractivity contribution < 1.29 is 14.3 Å². The Labute approximate surface area is 146 Å². The van der Waals surface area contributed by atoms with Crippen molar-refractivity contribution in [1.82, 2.24) is 0 Å². The highest BCUT2D eigenvalue weighted by Crippen LogP contribution is 2.25. The normalized spacial score (nSPS) is 11.5. The average molecular weight is 347 g/mol. The van der Waals surface area contributed by atoms with Gasteiger partial charge in [-0.2, -0.15) is 0 Å². The SMILES string of the molecule is CC(=O)Nc1cc(NC(=O)C(C)Oc2ccc(C)cc2)ccc1Cl. The summed E-state index contributed by atoms with van der Waals surface area (Å²) in [5.74, 6) is 0.0846. The fraction of sp³-hybridized carbons (Fsp3) is 0.222. The van der Waals surface area contributed by atoms with Crippen LogP contribution >= 0.6 is 11.6 Å². The second-order valence-electron chi connectivity index (χ2n) is 5.44. The van der Waals surface area contributed by atoms with Gasteiger partial charge in [0.1, 0.15) is 5.75 Å². The molecular formula is C18H19ClN2O3. The average Bonchev–Trinajstić information content (AvgIpc) is 2.52. The van der Waals surface area contributed by atoms with E-state index in [0.717, 1.165) is 5.56 Å². The van der Waals surface area contributed by atoms with Gasteiger partial charge in [0.2, 0.25) is 5.91 Å². The van der Waals surface area contributed by atoms with Crippen LogP contribution in [0.3, 0.4) is 0 Å². The molecule has 126 valence electrons. The van der Waals surface area contributed by atoms with E-state index in [0.29, 0.717) is 22.1 Å². The molecule has 0 aliphatic heterocycles. The lowest BCUT2D eigenvalue weighted by Crippen LogP contribution is -2.30. The van der Waals surface area contributed by atoms with E-state index >= 15 is 0 Å². The summed E-state index contributed by atoms with van der Waals surface area (Å²) in [7, 11) is 0. The van der Waals surface area contributed by atoms with Gasteiger partial charge in [-0.1, -0.05) is 29.3 Å². The van der Waals surface area contributed by atoms with Gasteiger partial charge in [-0.05, 0) is 44.2 Å². The highest BCUT2D eigenvalue weighted by molar-refractivity contribution is 6.33. The summed E-state index contributed by atoms with van der Waals surface area (Å²) in [6.07, 6.45) is -0.674. The minimum Gasteiger partial charge on any atom is -0.481 e. The van der Waals surface area contributed by atoms with Gasteiger partial charge in [0, 0.05) is 12.6 Å². The molecule has 5 nitrogen and oxygen atoms in total. The number of rotatable bonds is 5. The molecule has 1 atom stereocenters. The van der Waals surface area contributed by atoms with E-state index in [1.54, 1.807) is 25.1 Å². The zero-order valence-corrected chi connectivity index (χ0v) is 14.5. The number of nitrogens with one attached hydrogen (secondary N) is 2. The Bertz CT molecular complexity index is 744. The van der Waals surface area contributed by atoms with Crippen molar-refractivity contribution in [2.75, 3.05) is 10.6 Å². The minimum absolute atomic E-state index is 0.239. The monoisotopic (exact) mass is 346 g/mol. The van der Waals surface area contributed by atoms with Crippen LogP contribution in [-0.4, -0.2) is 17.9 Å². The Kier molecular flexibility index (Phi) is 5.82.